The Balaban J connectivity index is 1.51. The molecule has 4 rings (SSSR count). The number of amidine groups is 2. The van der Waals surface area contributed by atoms with Crippen LogP contribution in [0.4, 0.5) is 0 Å². The first-order chi connectivity index (χ1) is 16.7. The SMILES string of the molecule is CCOc1cc(/C=C2/C(=N)N3N=C(C)SC3=NC2=O)cc(Cl)c1OCCOc1cc(C)cc(C)c1. The summed E-state index contributed by atoms with van der Waals surface area (Å²) in [6.07, 6.45) is 1.56. The lowest BCUT2D eigenvalue weighted by Gasteiger charge is -2.20. The van der Waals surface area contributed by atoms with E-state index in [9.17, 15) is 4.79 Å². The van der Waals surface area contributed by atoms with Crippen LogP contribution >= 0.6 is 23.4 Å². The topological polar surface area (TPSA) is 96.6 Å². The largest absolute Gasteiger partial charge is 0.490 e. The van der Waals surface area contributed by atoms with Gasteiger partial charge in [0.15, 0.2) is 17.3 Å². The molecule has 0 spiro atoms. The van der Waals surface area contributed by atoms with E-state index in [1.807, 2.05) is 32.9 Å². The Bertz CT molecular complexity index is 1270. The van der Waals surface area contributed by atoms with Crippen molar-refractivity contribution in [3.8, 4) is 17.2 Å². The first-order valence-electron chi connectivity index (χ1n) is 11.0. The van der Waals surface area contributed by atoms with Crippen LogP contribution < -0.4 is 14.2 Å². The fraction of sp³-hybridized carbons (Fsp3) is 0.280. The van der Waals surface area contributed by atoms with Gasteiger partial charge in [0, 0.05) is 0 Å². The maximum Gasteiger partial charge on any atom is 0.283 e. The molecular formula is C25H25ClN4O4S. The molecule has 0 aliphatic carbocycles. The summed E-state index contributed by atoms with van der Waals surface area (Å²) in [5.74, 6) is 1.06. The average molecular weight is 513 g/mol. The normalized spacial score (nSPS) is 16.3. The lowest BCUT2D eigenvalue weighted by Crippen LogP contribution is -2.35. The smallest absolute Gasteiger partial charge is 0.283 e. The zero-order chi connectivity index (χ0) is 25.1. The molecule has 2 aromatic rings. The van der Waals surface area contributed by atoms with Gasteiger partial charge in [-0.2, -0.15) is 15.1 Å². The van der Waals surface area contributed by atoms with Crippen LogP contribution in [0, 0.1) is 19.3 Å². The molecule has 0 atom stereocenters. The fourth-order valence-corrected chi connectivity index (χ4v) is 4.66. The highest BCUT2D eigenvalue weighted by atomic mass is 35.5. The Morgan fingerprint density at radius 1 is 1.06 bits per heavy atom. The number of hydrogen-bond acceptors (Lipinski definition) is 7. The number of nitrogens with zero attached hydrogens (tertiary/aromatic N) is 3. The molecule has 0 bridgehead atoms. The van der Waals surface area contributed by atoms with Crippen molar-refractivity contribution in [3.63, 3.8) is 0 Å². The zero-order valence-corrected chi connectivity index (χ0v) is 21.4. The molecule has 2 aromatic carbocycles. The number of hydrazone groups is 1. The predicted octanol–water partition coefficient (Wildman–Crippen LogP) is 5.45. The molecule has 182 valence electrons. The summed E-state index contributed by atoms with van der Waals surface area (Å²) in [5.41, 5.74) is 2.95. The van der Waals surface area contributed by atoms with Crippen LogP contribution in [-0.4, -0.2) is 46.8 Å². The molecule has 2 heterocycles. The first kappa shape index (κ1) is 24.8. The van der Waals surface area contributed by atoms with Crippen LogP contribution in [0.3, 0.4) is 0 Å². The quantitative estimate of drug-likeness (QED) is 0.373. The van der Waals surface area contributed by atoms with Crippen LogP contribution in [0.15, 0.2) is 46.0 Å². The second kappa shape index (κ2) is 10.5. The number of aliphatic imine (C=N–C) groups is 1. The molecule has 10 heteroatoms. The van der Waals surface area contributed by atoms with Crippen LogP contribution in [0.1, 0.15) is 30.5 Å². The van der Waals surface area contributed by atoms with Crippen molar-refractivity contribution in [1.29, 1.82) is 5.41 Å². The van der Waals surface area contributed by atoms with Crippen molar-refractivity contribution >= 4 is 51.4 Å². The van der Waals surface area contributed by atoms with E-state index in [0.29, 0.717) is 45.5 Å². The number of rotatable bonds is 8. The van der Waals surface area contributed by atoms with E-state index in [-0.39, 0.29) is 18.0 Å². The average Bonchev–Trinajstić information content (AvgIpc) is 3.15. The highest BCUT2D eigenvalue weighted by Gasteiger charge is 2.34. The van der Waals surface area contributed by atoms with Gasteiger partial charge in [0.2, 0.25) is 5.17 Å². The molecule has 0 radical (unpaired) electrons. The number of halogens is 1. The standard InChI is InChI=1S/C25H25ClN4O4S/c1-5-32-21-13-17(11-19-23(27)30-25(28-24(19)31)35-16(4)29-30)12-20(26)22(21)34-7-6-33-18-9-14(2)8-15(3)10-18/h8-13,27H,5-7H2,1-4H3/b19-11-,27-23?. The number of carbonyl (C=O) groups is 1. The summed E-state index contributed by atoms with van der Waals surface area (Å²) in [6, 6.07) is 9.40. The van der Waals surface area contributed by atoms with Gasteiger partial charge in [-0.15, -0.1) is 0 Å². The number of thioether (sulfide) groups is 1. The minimum Gasteiger partial charge on any atom is -0.490 e. The van der Waals surface area contributed by atoms with Gasteiger partial charge in [0.05, 0.1) is 22.2 Å². The number of ether oxygens (including phenoxy) is 3. The van der Waals surface area contributed by atoms with Gasteiger partial charge in [-0.05, 0) is 86.5 Å². The van der Waals surface area contributed by atoms with Crippen molar-refractivity contribution < 1.29 is 19.0 Å². The van der Waals surface area contributed by atoms with Gasteiger partial charge >= 0.3 is 0 Å². The van der Waals surface area contributed by atoms with Crippen molar-refractivity contribution in [2.75, 3.05) is 19.8 Å². The van der Waals surface area contributed by atoms with Crippen LogP contribution in [0.25, 0.3) is 6.08 Å². The van der Waals surface area contributed by atoms with E-state index < -0.39 is 5.91 Å². The second-order valence-electron chi connectivity index (χ2n) is 7.92. The lowest BCUT2D eigenvalue weighted by atomic mass is 10.1. The molecule has 8 nitrogen and oxygen atoms in total. The predicted molar refractivity (Wildman–Crippen MR) is 140 cm³/mol. The number of amides is 1. The minimum atomic E-state index is -0.503. The summed E-state index contributed by atoms with van der Waals surface area (Å²) in [4.78, 5) is 16.6. The number of nitrogens with one attached hydrogen (secondary N) is 1. The highest BCUT2D eigenvalue weighted by Crippen LogP contribution is 2.38. The molecule has 0 saturated heterocycles. The van der Waals surface area contributed by atoms with E-state index in [4.69, 9.17) is 31.2 Å². The van der Waals surface area contributed by atoms with E-state index in [0.717, 1.165) is 16.9 Å². The molecule has 0 fully saturated rings. The van der Waals surface area contributed by atoms with E-state index in [2.05, 4.69) is 16.2 Å². The van der Waals surface area contributed by atoms with Crippen LogP contribution in [-0.2, 0) is 4.79 Å². The van der Waals surface area contributed by atoms with Gasteiger partial charge in [-0.25, -0.2) is 0 Å². The molecule has 1 N–H and O–H groups in total. The summed E-state index contributed by atoms with van der Waals surface area (Å²) >= 11 is 7.79. The third kappa shape index (κ3) is 5.68. The summed E-state index contributed by atoms with van der Waals surface area (Å²) in [6.45, 7) is 8.68. The van der Waals surface area contributed by atoms with Crippen LogP contribution in [0.5, 0.6) is 17.2 Å². The maximum atomic E-state index is 12.6. The molecule has 35 heavy (non-hydrogen) atoms. The van der Waals surface area contributed by atoms with Crippen molar-refractivity contribution in [3.05, 3.63) is 57.6 Å². The Kier molecular flexibility index (Phi) is 7.47. The Labute approximate surface area is 213 Å². The number of benzene rings is 2. The maximum absolute atomic E-state index is 12.6. The number of hydrogen-bond donors (Lipinski definition) is 1. The summed E-state index contributed by atoms with van der Waals surface area (Å²) < 4.78 is 17.5. The highest BCUT2D eigenvalue weighted by molar-refractivity contribution is 8.26. The first-order valence-corrected chi connectivity index (χ1v) is 12.2. The molecular weight excluding hydrogens is 488 g/mol. The van der Waals surface area contributed by atoms with E-state index >= 15 is 0 Å². The summed E-state index contributed by atoms with van der Waals surface area (Å²) in [7, 11) is 0. The minimum absolute atomic E-state index is 0.0395. The van der Waals surface area contributed by atoms with Gasteiger partial charge in [-0.3, -0.25) is 10.2 Å². The number of fused-ring (bicyclic) bond motifs is 1. The lowest BCUT2D eigenvalue weighted by molar-refractivity contribution is -0.114. The van der Waals surface area contributed by atoms with Gasteiger partial charge in [0.1, 0.15) is 19.0 Å². The monoisotopic (exact) mass is 512 g/mol. The van der Waals surface area contributed by atoms with Crippen molar-refractivity contribution in [2.24, 2.45) is 10.1 Å². The van der Waals surface area contributed by atoms with Crippen molar-refractivity contribution in [2.45, 2.75) is 27.7 Å². The van der Waals surface area contributed by atoms with Crippen LogP contribution in [0.2, 0.25) is 5.02 Å². The molecule has 1 amide bonds. The summed E-state index contributed by atoms with van der Waals surface area (Å²) in [5, 5.41) is 15.4. The van der Waals surface area contributed by atoms with E-state index in [1.54, 1.807) is 25.1 Å². The van der Waals surface area contributed by atoms with Gasteiger partial charge in [-0.1, -0.05) is 17.7 Å². The van der Waals surface area contributed by atoms with Gasteiger partial charge in [0.25, 0.3) is 5.91 Å². The zero-order valence-electron chi connectivity index (χ0n) is 19.8. The third-order valence-electron chi connectivity index (χ3n) is 4.99. The molecule has 2 aliphatic rings. The van der Waals surface area contributed by atoms with Crippen molar-refractivity contribution in [1.82, 2.24) is 5.01 Å². The Morgan fingerprint density at radius 2 is 1.77 bits per heavy atom. The Hall–Kier alpha value is -3.30. The van der Waals surface area contributed by atoms with Gasteiger partial charge < -0.3 is 14.2 Å². The fourth-order valence-electron chi connectivity index (χ4n) is 3.65. The second-order valence-corrected chi connectivity index (χ2v) is 9.49. The Morgan fingerprint density at radius 3 is 2.49 bits per heavy atom. The number of carbonyl (C=O) groups excluding carboxylic acids is 1. The molecule has 0 aromatic heterocycles. The molecule has 0 saturated carbocycles. The molecule has 0 unspecified atom stereocenters. The molecule has 2 aliphatic heterocycles. The number of aryl methyl sites for hydroxylation is 2. The third-order valence-corrected chi connectivity index (χ3v) is 6.10. The van der Waals surface area contributed by atoms with E-state index in [1.165, 1.54) is 16.8 Å².